The zero-order valence-corrected chi connectivity index (χ0v) is 13.8. The van der Waals surface area contributed by atoms with E-state index in [9.17, 15) is 8.42 Å². The van der Waals surface area contributed by atoms with Crippen molar-refractivity contribution in [1.29, 1.82) is 0 Å². The molecule has 1 aromatic carbocycles. The topological polar surface area (TPSA) is 46.2 Å². The molecule has 0 saturated carbocycles. The molecule has 1 unspecified atom stereocenters. The molecule has 112 valence electrons. The van der Waals surface area contributed by atoms with Crippen molar-refractivity contribution in [2.75, 3.05) is 0 Å². The van der Waals surface area contributed by atoms with E-state index < -0.39 is 10.0 Å². The highest BCUT2D eigenvalue weighted by Gasteiger charge is 2.19. The van der Waals surface area contributed by atoms with Crippen molar-refractivity contribution in [2.24, 2.45) is 5.92 Å². The number of sulfonamides is 1. The van der Waals surface area contributed by atoms with Crippen LogP contribution in [0.2, 0.25) is 0 Å². The molecule has 1 aromatic rings. The van der Waals surface area contributed by atoms with Crippen LogP contribution in [0.4, 0.5) is 0 Å². The average Bonchev–Trinajstić information content (AvgIpc) is 2.26. The maximum absolute atomic E-state index is 12.4. The Morgan fingerprint density at radius 3 is 2.20 bits per heavy atom. The molecule has 0 saturated heterocycles. The van der Waals surface area contributed by atoms with Crippen molar-refractivity contribution in [3.8, 4) is 0 Å². The van der Waals surface area contributed by atoms with Crippen molar-refractivity contribution in [3.05, 3.63) is 41.5 Å². The molecule has 0 heterocycles. The van der Waals surface area contributed by atoms with E-state index in [0.717, 1.165) is 17.6 Å². The molecule has 0 amide bonds. The van der Waals surface area contributed by atoms with Gasteiger partial charge >= 0.3 is 0 Å². The van der Waals surface area contributed by atoms with E-state index in [1.807, 2.05) is 39.0 Å². The second kappa shape index (κ2) is 7.04. The number of allylic oxidation sites excluding steroid dienone is 1. The van der Waals surface area contributed by atoms with Crippen LogP contribution in [0, 0.1) is 12.8 Å². The fourth-order valence-corrected chi connectivity index (χ4v) is 3.24. The average molecular weight is 295 g/mol. The molecular weight excluding hydrogens is 270 g/mol. The van der Waals surface area contributed by atoms with E-state index in [0.29, 0.717) is 10.8 Å². The van der Waals surface area contributed by atoms with Crippen molar-refractivity contribution < 1.29 is 8.42 Å². The second-order valence-corrected chi connectivity index (χ2v) is 7.63. The molecule has 0 aliphatic carbocycles. The van der Waals surface area contributed by atoms with Gasteiger partial charge in [-0.3, -0.25) is 0 Å². The largest absolute Gasteiger partial charge is 0.241 e. The minimum Gasteiger partial charge on any atom is -0.207 e. The molecule has 0 bridgehead atoms. The van der Waals surface area contributed by atoms with Gasteiger partial charge in [0.25, 0.3) is 0 Å². The summed E-state index contributed by atoms with van der Waals surface area (Å²) >= 11 is 0. The van der Waals surface area contributed by atoms with Gasteiger partial charge in [-0.15, -0.1) is 0 Å². The quantitative estimate of drug-likeness (QED) is 0.814. The van der Waals surface area contributed by atoms with Crippen LogP contribution >= 0.6 is 0 Å². The van der Waals surface area contributed by atoms with Gasteiger partial charge in [0, 0.05) is 6.04 Å². The van der Waals surface area contributed by atoms with E-state index in [1.165, 1.54) is 0 Å². The summed E-state index contributed by atoms with van der Waals surface area (Å²) in [6, 6.07) is 6.75. The highest BCUT2D eigenvalue weighted by molar-refractivity contribution is 7.89. The van der Waals surface area contributed by atoms with Gasteiger partial charge in [-0.2, -0.15) is 0 Å². The highest BCUT2D eigenvalue weighted by Crippen LogP contribution is 2.14. The first-order valence-electron chi connectivity index (χ1n) is 6.94. The van der Waals surface area contributed by atoms with Crippen LogP contribution < -0.4 is 4.72 Å². The summed E-state index contributed by atoms with van der Waals surface area (Å²) in [6.07, 6.45) is 2.77. The number of rotatable bonds is 6. The van der Waals surface area contributed by atoms with Crippen LogP contribution in [0.5, 0.6) is 0 Å². The van der Waals surface area contributed by atoms with Crippen LogP contribution in [0.25, 0.3) is 0 Å². The minimum atomic E-state index is -3.46. The summed E-state index contributed by atoms with van der Waals surface area (Å²) in [5, 5.41) is 0. The van der Waals surface area contributed by atoms with E-state index in [2.05, 4.69) is 18.6 Å². The number of benzene rings is 1. The first kappa shape index (κ1) is 16.9. The van der Waals surface area contributed by atoms with Crippen LogP contribution in [0.15, 0.2) is 40.8 Å². The lowest BCUT2D eigenvalue weighted by molar-refractivity contribution is 0.506. The summed E-state index contributed by atoms with van der Waals surface area (Å²) in [6.45, 7) is 10.1. The lowest BCUT2D eigenvalue weighted by Gasteiger charge is -2.18. The number of nitrogens with one attached hydrogen (secondary N) is 1. The fraction of sp³-hybridized carbons (Fsp3) is 0.500. The van der Waals surface area contributed by atoms with Crippen molar-refractivity contribution >= 4 is 10.0 Å². The smallest absolute Gasteiger partial charge is 0.207 e. The minimum absolute atomic E-state index is 0.161. The molecule has 1 rings (SSSR count). The Bertz CT molecular complexity index is 553. The third-order valence-corrected chi connectivity index (χ3v) is 4.40. The molecule has 0 aromatic heterocycles. The number of hydrogen-bond acceptors (Lipinski definition) is 2. The predicted molar refractivity (Wildman–Crippen MR) is 84.2 cm³/mol. The van der Waals surface area contributed by atoms with Gasteiger partial charge in [0.1, 0.15) is 0 Å². The zero-order chi connectivity index (χ0) is 15.3. The molecule has 0 aliphatic rings. The SMILES string of the molecule is CC(C)=CC(CC(C)C)NS(=O)(=O)c1ccc(C)cc1. The predicted octanol–water partition coefficient (Wildman–Crippen LogP) is 3.65. The molecule has 0 fully saturated rings. The molecule has 1 atom stereocenters. The molecule has 20 heavy (non-hydrogen) atoms. The molecule has 0 spiro atoms. The summed E-state index contributed by atoms with van der Waals surface area (Å²) < 4.78 is 27.5. The number of aryl methyl sites for hydroxylation is 1. The van der Waals surface area contributed by atoms with Crippen molar-refractivity contribution in [2.45, 2.75) is 52.0 Å². The first-order valence-corrected chi connectivity index (χ1v) is 8.43. The normalized spacial score (nSPS) is 13.3. The molecule has 4 heteroatoms. The van der Waals surface area contributed by atoms with E-state index in [1.54, 1.807) is 12.1 Å². The Balaban J connectivity index is 2.96. The van der Waals surface area contributed by atoms with Gasteiger partial charge in [0.05, 0.1) is 4.90 Å². The molecule has 3 nitrogen and oxygen atoms in total. The van der Waals surface area contributed by atoms with E-state index >= 15 is 0 Å². The Labute approximate surface area is 123 Å². The van der Waals surface area contributed by atoms with Crippen LogP contribution in [-0.4, -0.2) is 14.5 Å². The molecule has 1 N–H and O–H groups in total. The maximum atomic E-state index is 12.4. The van der Waals surface area contributed by atoms with Crippen LogP contribution in [0.3, 0.4) is 0 Å². The van der Waals surface area contributed by atoms with Crippen molar-refractivity contribution in [1.82, 2.24) is 4.72 Å². The van der Waals surface area contributed by atoms with Crippen molar-refractivity contribution in [3.63, 3.8) is 0 Å². The van der Waals surface area contributed by atoms with Gasteiger partial charge in [0.2, 0.25) is 10.0 Å². The van der Waals surface area contributed by atoms with E-state index in [-0.39, 0.29) is 6.04 Å². The highest BCUT2D eigenvalue weighted by atomic mass is 32.2. The Morgan fingerprint density at radius 2 is 1.75 bits per heavy atom. The lowest BCUT2D eigenvalue weighted by Crippen LogP contribution is -2.34. The third-order valence-electron chi connectivity index (χ3n) is 2.90. The van der Waals surface area contributed by atoms with Gasteiger partial charge in [-0.05, 0) is 45.2 Å². The summed E-state index contributed by atoms with van der Waals surface area (Å²) in [7, 11) is -3.46. The van der Waals surface area contributed by atoms with E-state index in [4.69, 9.17) is 0 Å². The van der Waals surface area contributed by atoms with Crippen LogP contribution in [0.1, 0.15) is 39.7 Å². The van der Waals surface area contributed by atoms with Gasteiger partial charge < -0.3 is 0 Å². The second-order valence-electron chi connectivity index (χ2n) is 5.91. The number of hydrogen-bond donors (Lipinski definition) is 1. The zero-order valence-electron chi connectivity index (χ0n) is 13.0. The van der Waals surface area contributed by atoms with Gasteiger partial charge in [0.15, 0.2) is 0 Å². The summed E-state index contributed by atoms with van der Waals surface area (Å²) in [5.41, 5.74) is 2.16. The Kier molecular flexibility index (Phi) is 5.96. The third kappa shape index (κ3) is 5.47. The van der Waals surface area contributed by atoms with Gasteiger partial charge in [-0.1, -0.05) is 43.2 Å². The monoisotopic (exact) mass is 295 g/mol. The standard InChI is InChI=1S/C16H25NO2S/c1-12(2)10-15(11-13(3)4)17-20(18,19)16-8-6-14(5)7-9-16/h6-10,13,15,17H,11H2,1-5H3. The summed E-state index contributed by atoms with van der Waals surface area (Å²) in [5.74, 6) is 0.427. The Morgan fingerprint density at radius 1 is 1.20 bits per heavy atom. The fourth-order valence-electron chi connectivity index (χ4n) is 2.05. The van der Waals surface area contributed by atoms with Crippen LogP contribution in [-0.2, 0) is 10.0 Å². The first-order chi connectivity index (χ1) is 9.20. The summed E-state index contributed by atoms with van der Waals surface area (Å²) in [4.78, 5) is 0.319. The molecule has 0 radical (unpaired) electrons. The molecular formula is C16H25NO2S. The lowest BCUT2D eigenvalue weighted by atomic mass is 10.0. The maximum Gasteiger partial charge on any atom is 0.241 e. The van der Waals surface area contributed by atoms with Gasteiger partial charge in [-0.25, -0.2) is 13.1 Å². The Hall–Kier alpha value is -1.13. The molecule has 0 aliphatic heterocycles.